The average Bonchev–Trinajstić information content (AvgIpc) is 2.62. The Labute approximate surface area is 160 Å². The second-order valence-corrected chi connectivity index (χ2v) is 7.69. The molecule has 0 saturated carbocycles. The van der Waals surface area contributed by atoms with E-state index in [4.69, 9.17) is 0 Å². The van der Waals surface area contributed by atoms with Gasteiger partial charge in [0.05, 0.1) is 5.69 Å². The molecule has 3 rings (SSSR count). The highest BCUT2D eigenvalue weighted by Crippen LogP contribution is 2.28. The number of thiol groups is 1. The lowest BCUT2D eigenvalue weighted by molar-refractivity contribution is -0.116. The molecule has 27 heavy (non-hydrogen) atoms. The van der Waals surface area contributed by atoms with Gasteiger partial charge in [-0.3, -0.25) is 14.4 Å². The molecular formula is C19H24N4O3S. The van der Waals surface area contributed by atoms with Gasteiger partial charge in [-0.25, -0.2) is 18.4 Å². The number of nitrogens with zero attached hydrogens (tertiary/aromatic N) is 3. The van der Waals surface area contributed by atoms with Crippen molar-refractivity contribution in [3.8, 4) is 0 Å². The van der Waals surface area contributed by atoms with Gasteiger partial charge >= 0.3 is 0 Å². The van der Waals surface area contributed by atoms with Gasteiger partial charge in [0.2, 0.25) is 22.7 Å². The lowest BCUT2D eigenvalue weighted by Crippen LogP contribution is -2.38. The number of aromatic nitrogens is 2. The zero-order valence-corrected chi connectivity index (χ0v) is 16.4. The van der Waals surface area contributed by atoms with E-state index in [0.29, 0.717) is 37.3 Å². The molecule has 0 fully saturated rings. The molecule has 1 atom stereocenters. The number of fused-ring (bicyclic) bond motifs is 1. The number of aryl methyl sites for hydroxylation is 2. The zero-order valence-electron chi connectivity index (χ0n) is 15.5. The van der Waals surface area contributed by atoms with Crippen molar-refractivity contribution in [2.45, 2.75) is 52.0 Å². The molecule has 0 bridgehead atoms. The fourth-order valence-corrected chi connectivity index (χ4v) is 4.16. The van der Waals surface area contributed by atoms with Crippen LogP contribution in [-0.2, 0) is 28.5 Å². The maximum Gasteiger partial charge on any atom is 0.229 e. The fraction of sp³-hybridized carbons (Fsp3) is 0.421. The Balaban J connectivity index is 1.79. The standard InChI is InChI=1S/C19H24N4O3S/c1-3-5-18(24)22-19-20-12-14-11-16(8-9-17(14)21-19)23(27(25)26)15-7-4-6-13(2)10-15/h4,6-7,10,12,16,27H,3,5,8-9,11H2,1-2H3,(H,20,21,22,24). The quantitative estimate of drug-likeness (QED) is 0.742. The van der Waals surface area contributed by atoms with E-state index in [1.807, 2.05) is 38.1 Å². The topological polar surface area (TPSA) is 92.3 Å². The van der Waals surface area contributed by atoms with Crippen molar-refractivity contribution < 1.29 is 13.2 Å². The van der Waals surface area contributed by atoms with Crippen LogP contribution in [0.25, 0.3) is 0 Å². The number of amides is 1. The summed E-state index contributed by atoms with van der Waals surface area (Å²) in [6.45, 7) is 3.88. The number of rotatable bonds is 6. The van der Waals surface area contributed by atoms with E-state index < -0.39 is 10.9 Å². The lowest BCUT2D eigenvalue weighted by atomic mass is 9.92. The number of nitrogens with one attached hydrogen (secondary N) is 1. The van der Waals surface area contributed by atoms with E-state index in [1.54, 1.807) is 6.20 Å². The van der Waals surface area contributed by atoms with Crippen LogP contribution in [0.5, 0.6) is 0 Å². The minimum absolute atomic E-state index is 0.0971. The summed E-state index contributed by atoms with van der Waals surface area (Å²) in [5, 5.41) is 2.71. The highest BCUT2D eigenvalue weighted by Gasteiger charge is 2.27. The van der Waals surface area contributed by atoms with Crippen LogP contribution in [0, 0.1) is 6.92 Å². The Kier molecular flexibility index (Phi) is 6.05. The molecule has 1 heterocycles. The molecule has 0 spiro atoms. The van der Waals surface area contributed by atoms with E-state index in [1.165, 1.54) is 4.31 Å². The summed E-state index contributed by atoms with van der Waals surface area (Å²) >= 11 is 0. The van der Waals surface area contributed by atoms with Gasteiger partial charge in [0.25, 0.3) is 0 Å². The van der Waals surface area contributed by atoms with Crippen LogP contribution in [0.1, 0.15) is 43.0 Å². The number of hydrogen-bond donors (Lipinski definition) is 2. The summed E-state index contributed by atoms with van der Waals surface area (Å²) in [5.41, 5.74) is 3.50. The first-order chi connectivity index (χ1) is 13.0. The molecule has 1 aromatic heterocycles. The van der Waals surface area contributed by atoms with Crippen molar-refractivity contribution in [3.05, 3.63) is 47.3 Å². The average molecular weight is 388 g/mol. The van der Waals surface area contributed by atoms with Crippen LogP contribution in [0.2, 0.25) is 0 Å². The lowest BCUT2D eigenvalue weighted by Gasteiger charge is -2.32. The summed E-state index contributed by atoms with van der Waals surface area (Å²) in [6.07, 6.45) is 4.76. The van der Waals surface area contributed by atoms with Crippen LogP contribution in [0.15, 0.2) is 30.5 Å². The van der Waals surface area contributed by atoms with Crippen molar-refractivity contribution in [3.63, 3.8) is 0 Å². The molecule has 1 unspecified atom stereocenters. The summed E-state index contributed by atoms with van der Waals surface area (Å²) in [4.78, 5) is 20.4. The van der Waals surface area contributed by atoms with E-state index in [-0.39, 0.29) is 11.9 Å². The third-order valence-electron chi connectivity index (χ3n) is 4.64. The van der Waals surface area contributed by atoms with Crippen LogP contribution >= 0.6 is 0 Å². The first-order valence-electron chi connectivity index (χ1n) is 9.12. The van der Waals surface area contributed by atoms with Crippen LogP contribution in [0.4, 0.5) is 11.6 Å². The Morgan fingerprint density at radius 3 is 2.89 bits per heavy atom. The van der Waals surface area contributed by atoms with Crippen molar-refractivity contribution in [2.24, 2.45) is 0 Å². The van der Waals surface area contributed by atoms with Crippen LogP contribution in [0.3, 0.4) is 0 Å². The first kappa shape index (κ1) is 19.3. The smallest absolute Gasteiger partial charge is 0.229 e. The maximum absolute atomic E-state index is 11.9. The van der Waals surface area contributed by atoms with Crippen molar-refractivity contribution in [1.29, 1.82) is 0 Å². The fourth-order valence-electron chi connectivity index (χ4n) is 3.38. The maximum atomic E-state index is 11.9. The third kappa shape index (κ3) is 4.63. The van der Waals surface area contributed by atoms with Gasteiger partial charge < -0.3 is 0 Å². The Morgan fingerprint density at radius 1 is 1.37 bits per heavy atom. The molecule has 0 aliphatic heterocycles. The van der Waals surface area contributed by atoms with Crippen molar-refractivity contribution in [2.75, 3.05) is 9.62 Å². The highest BCUT2D eigenvalue weighted by atomic mass is 32.2. The van der Waals surface area contributed by atoms with E-state index in [2.05, 4.69) is 15.3 Å². The minimum atomic E-state index is -2.75. The van der Waals surface area contributed by atoms with Gasteiger partial charge in [0, 0.05) is 24.4 Å². The summed E-state index contributed by atoms with van der Waals surface area (Å²) in [6, 6.07) is 7.34. The number of hydrogen-bond acceptors (Lipinski definition) is 5. The second-order valence-electron chi connectivity index (χ2n) is 6.78. The summed E-state index contributed by atoms with van der Waals surface area (Å²) in [7, 11) is -2.75. The highest BCUT2D eigenvalue weighted by molar-refractivity contribution is 7.74. The minimum Gasteiger partial charge on any atom is -0.295 e. The molecule has 1 N–H and O–H groups in total. The molecule has 1 aromatic carbocycles. The van der Waals surface area contributed by atoms with Crippen molar-refractivity contribution >= 4 is 28.4 Å². The number of benzene rings is 1. The Hall–Kier alpha value is -2.48. The van der Waals surface area contributed by atoms with Gasteiger partial charge in [-0.05, 0) is 55.9 Å². The van der Waals surface area contributed by atoms with Gasteiger partial charge in [-0.15, -0.1) is 0 Å². The van der Waals surface area contributed by atoms with E-state index in [0.717, 1.165) is 23.2 Å². The monoisotopic (exact) mass is 388 g/mol. The van der Waals surface area contributed by atoms with E-state index in [9.17, 15) is 13.2 Å². The molecule has 2 aromatic rings. The zero-order chi connectivity index (χ0) is 19.4. The van der Waals surface area contributed by atoms with Crippen molar-refractivity contribution in [1.82, 2.24) is 9.97 Å². The molecule has 7 nitrogen and oxygen atoms in total. The predicted molar refractivity (Wildman–Crippen MR) is 105 cm³/mol. The third-order valence-corrected chi connectivity index (χ3v) is 5.55. The first-order valence-corrected chi connectivity index (χ1v) is 10.3. The van der Waals surface area contributed by atoms with E-state index >= 15 is 0 Å². The number of carbonyl (C=O) groups excluding carboxylic acids is 1. The Morgan fingerprint density at radius 2 is 2.19 bits per heavy atom. The molecule has 1 amide bonds. The Bertz CT molecular complexity index is 906. The van der Waals surface area contributed by atoms with Crippen LogP contribution in [-0.4, -0.2) is 30.3 Å². The molecule has 0 radical (unpaired) electrons. The largest absolute Gasteiger partial charge is 0.295 e. The molecular weight excluding hydrogens is 364 g/mol. The van der Waals surface area contributed by atoms with Gasteiger partial charge in [-0.2, -0.15) is 0 Å². The summed E-state index contributed by atoms with van der Waals surface area (Å²) in [5.74, 6) is 0.219. The van der Waals surface area contributed by atoms with Gasteiger partial charge in [0.15, 0.2) is 0 Å². The molecule has 1 aliphatic rings. The normalized spacial score (nSPS) is 16.0. The molecule has 8 heteroatoms. The van der Waals surface area contributed by atoms with Crippen LogP contribution < -0.4 is 9.62 Å². The molecule has 144 valence electrons. The SMILES string of the molecule is CCCC(=O)Nc1ncc2c(n1)CCC(N(c1cccc(C)c1)[SH](=O)=O)C2. The number of carbonyl (C=O) groups is 1. The van der Waals surface area contributed by atoms with Gasteiger partial charge in [-0.1, -0.05) is 19.1 Å². The van der Waals surface area contributed by atoms with Gasteiger partial charge in [0.1, 0.15) is 0 Å². The second kappa shape index (κ2) is 8.47. The predicted octanol–water partition coefficient (Wildman–Crippen LogP) is 2.41. The molecule has 0 saturated heterocycles. The summed E-state index contributed by atoms with van der Waals surface area (Å²) < 4.78 is 25.4. The number of anilines is 2. The molecule has 1 aliphatic carbocycles.